The Kier molecular flexibility index (Phi) is 4.91. The van der Waals surface area contributed by atoms with Gasteiger partial charge in [-0.2, -0.15) is 9.97 Å². The van der Waals surface area contributed by atoms with E-state index in [2.05, 4.69) is 20.4 Å². The van der Waals surface area contributed by atoms with Gasteiger partial charge < -0.3 is 9.47 Å². The molecule has 3 N–H and O–H groups in total. The van der Waals surface area contributed by atoms with Gasteiger partial charge in [0.2, 0.25) is 5.95 Å². The molecule has 0 fully saturated rings. The van der Waals surface area contributed by atoms with Crippen LogP contribution in [0.5, 0.6) is 12.0 Å². The first-order valence-electron chi connectivity index (χ1n) is 5.94. The van der Waals surface area contributed by atoms with Crippen molar-refractivity contribution in [2.45, 2.75) is 13.5 Å². The molecule has 0 atom stereocenters. The third-order valence-electron chi connectivity index (χ3n) is 2.25. The number of nitrogen functional groups attached to an aromatic ring is 1. The van der Waals surface area contributed by atoms with Crippen LogP contribution >= 0.6 is 11.6 Å². The molecular formula is C12H14ClN5O2. The summed E-state index contributed by atoms with van der Waals surface area (Å²) in [7, 11) is 0. The molecule has 20 heavy (non-hydrogen) atoms. The highest BCUT2D eigenvalue weighted by Crippen LogP contribution is 2.15. The summed E-state index contributed by atoms with van der Waals surface area (Å²) in [5.74, 6) is 5.45. The molecule has 0 amide bonds. The number of hydrazine groups is 1. The highest BCUT2D eigenvalue weighted by Gasteiger charge is 2.08. The van der Waals surface area contributed by atoms with Crippen molar-refractivity contribution in [2.24, 2.45) is 5.84 Å². The van der Waals surface area contributed by atoms with Gasteiger partial charge in [-0.05, 0) is 24.6 Å². The van der Waals surface area contributed by atoms with E-state index in [9.17, 15) is 0 Å². The summed E-state index contributed by atoms with van der Waals surface area (Å²) in [5.41, 5.74) is 3.23. The van der Waals surface area contributed by atoms with Crippen LogP contribution in [0.2, 0.25) is 5.02 Å². The van der Waals surface area contributed by atoms with Gasteiger partial charge in [0.05, 0.1) is 6.61 Å². The maximum Gasteiger partial charge on any atom is 0.324 e. The van der Waals surface area contributed by atoms with E-state index in [-0.39, 0.29) is 24.6 Å². The topological polar surface area (TPSA) is 95.2 Å². The first kappa shape index (κ1) is 14.3. The third kappa shape index (κ3) is 3.94. The average Bonchev–Trinajstić information content (AvgIpc) is 2.45. The van der Waals surface area contributed by atoms with Gasteiger partial charge in [0.25, 0.3) is 0 Å². The molecule has 2 rings (SSSR count). The van der Waals surface area contributed by atoms with Crippen LogP contribution in [-0.2, 0) is 6.61 Å². The number of hydrogen-bond acceptors (Lipinski definition) is 7. The van der Waals surface area contributed by atoms with Gasteiger partial charge in [-0.25, -0.2) is 5.84 Å². The minimum atomic E-state index is 0.122. The molecule has 0 aliphatic heterocycles. The highest BCUT2D eigenvalue weighted by molar-refractivity contribution is 6.30. The normalized spacial score (nSPS) is 10.2. The van der Waals surface area contributed by atoms with Gasteiger partial charge in [-0.15, -0.1) is 4.98 Å². The zero-order valence-electron chi connectivity index (χ0n) is 10.8. The predicted octanol–water partition coefficient (Wildman–Crippen LogP) is 1.79. The second-order valence-corrected chi connectivity index (χ2v) is 4.16. The van der Waals surface area contributed by atoms with Crippen molar-refractivity contribution in [2.75, 3.05) is 12.0 Å². The standard InChI is InChI=1S/C12H14ClN5O2/c1-2-19-11-15-10(18-14)16-12(17-11)20-7-8-4-3-5-9(13)6-8/h3-6H,2,7,14H2,1H3,(H,15,16,17,18). The van der Waals surface area contributed by atoms with Gasteiger partial charge in [-0.1, -0.05) is 23.7 Å². The monoisotopic (exact) mass is 295 g/mol. The lowest BCUT2D eigenvalue weighted by molar-refractivity contribution is 0.261. The fourth-order valence-electron chi connectivity index (χ4n) is 1.44. The molecule has 0 spiro atoms. The van der Waals surface area contributed by atoms with Gasteiger partial charge in [0.1, 0.15) is 6.61 Å². The molecular weight excluding hydrogens is 282 g/mol. The Balaban J connectivity index is 2.10. The molecule has 106 valence electrons. The van der Waals surface area contributed by atoms with Crippen LogP contribution in [0, 0.1) is 0 Å². The van der Waals surface area contributed by atoms with Crippen molar-refractivity contribution in [3.8, 4) is 12.0 Å². The number of benzene rings is 1. The summed E-state index contributed by atoms with van der Waals surface area (Å²) < 4.78 is 10.7. The second kappa shape index (κ2) is 6.88. The molecule has 0 unspecified atom stereocenters. The molecule has 0 radical (unpaired) electrons. The highest BCUT2D eigenvalue weighted by atomic mass is 35.5. The fraction of sp³-hybridized carbons (Fsp3) is 0.250. The van der Waals surface area contributed by atoms with Gasteiger partial charge >= 0.3 is 12.0 Å². The van der Waals surface area contributed by atoms with Crippen molar-refractivity contribution in [3.63, 3.8) is 0 Å². The summed E-state index contributed by atoms with van der Waals surface area (Å²) in [6.45, 7) is 2.54. The van der Waals surface area contributed by atoms with Gasteiger partial charge in [0.15, 0.2) is 0 Å². The summed E-state index contributed by atoms with van der Waals surface area (Å²) >= 11 is 5.90. The Bertz CT molecular complexity index is 582. The number of anilines is 1. The lowest BCUT2D eigenvalue weighted by atomic mass is 10.2. The SMILES string of the molecule is CCOc1nc(NN)nc(OCc2cccc(Cl)c2)n1. The van der Waals surface area contributed by atoms with E-state index in [1.807, 2.05) is 19.1 Å². The van der Waals surface area contributed by atoms with Crippen LogP contribution in [0.3, 0.4) is 0 Å². The maximum absolute atomic E-state index is 5.90. The van der Waals surface area contributed by atoms with E-state index in [4.69, 9.17) is 26.9 Å². The Morgan fingerprint density at radius 3 is 2.60 bits per heavy atom. The van der Waals surface area contributed by atoms with Crippen LogP contribution in [0.4, 0.5) is 5.95 Å². The number of nitrogens with one attached hydrogen (secondary N) is 1. The van der Waals surface area contributed by atoms with Crippen LogP contribution in [0.25, 0.3) is 0 Å². The van der Waals surface area contributed by atoms with Crippen molar-refractivity contribution in [1.82, 2.24) is 15.0 Å². The van der Waals surface area contributed by atoms with Crippen molar-refractivity contribution in [1.29, 1.82) is 0 Å². The number of rotatable bonds is 6. The average molecular weight is 296 g/mol. The number of halogens is 1. The molecule has 0 aliphatic rings. The van der Waals surface area contributed by atoms with Crippen LogP contribution in [0.15, 0.2) is 24.3 Å². The molecule has 2 aromatic rings. The lowest BCUT2D eigenvalue weighted by Crippen LogP contribution is -2.13. The molecule has 1 aromatic carbocycles. The molecule has 1 heterocycles. The first-order chi connectivity index (χ1) is 9.71. The number of aromatic nitrogens is 3. The minimum absolute atomic E-state index is 0.122. The number of nitrogens with zero attached hydrogens (tertiary/aromatic N) is 3. The Hall–Kier alpha value is -2.12. The molecule has 0 bridgehead atoms. The summed E-state index contributed by atoms with van der Waals surface area (Å²) in [6, 6.07) is 7.59. The number of nitrogens with two attached hydrogens (primary N) is 1. The fourth-order valence-corrected chi connectivity index (χ4v) is 1.65. The summed E-state index contributed by atoms with van der Waals surface area (Å²) in [6.07, 6.45) is 0. The molecule has 0 aliphatic carbocycles. The second-order valence-electron chi connectivity index (χ2n) is 3.72. The Labute approximate surface area is 121 Å². The molecule has 0 saturated carbocycles. The van der Waals surface area contributed by atoms with E-state index in [1.165, 1.54) is 0 Å². The lowest BCUT2D eigenvalue weighted by Gasteiger charge is -2.08. The summed E-state index contributed by atoms with van der Waals surface area (Å²) in [5, 5.41) is 0.640. The summed E-state index contributed by atoms with van der Waals surface area (Å²) in [4.78, 5) is 11.9. The molecule has 1 aromatic heterocycles. The number of hydrogen-bond donors (Lipinski definition) is 2. The van der Waals surface area contributed by atoms with Gasteiger partial charge in [0, 0.05) is 5.02 Å². The quantitative estimate of drug-likeness (QED) is 0.619. The largest absolute Gasteiger partial charge is 0.464 e. The third-order valence-corrected chi connectivity index (χ3v) is 2.49. The van der Waals surface area contributed by atoms with E-state index < -0.39 is 0 Å². The molecule has 0 saturated heterocycles. The minimum Gasteiger partial charge on any atom is -0.464 e. The predicted molar refractivity (Wildman–Crippen MR) is 74.6 cm³/mol. The smallest absolute Gasteiger partial charge is 0.324 e. The number of ether oxygens (including phenoxy) is 2. The van der Waals surface area contributed by atoms with Crippen molar-refractivity contribution < 1.29 is 9.47 Å². The molecule has 7 nitrogen and oxygen atoms in total. The van der Waals surface area contributed by atoms with E-state index >= 15 is 0 Å². The van der Waals surface area contributed by atoms with E-state index in [0.717, 1.165) is 5.56 Å². The van der Waals surface area contributed by atoms with E-state index in [0.29, 0.717) is 11.6 Å². The van der Waals surface area contributed by atoms with Crippen molar-refractivity contribution in [3.05, 3.63) is 34.9 Å². The van der Waals surface area contributed by atoms with Gasteiger partial charge in [-0.3, -0.25) is 5.43 Å². The van der Waals surface area contributed by atoms with Crippen molar-refractivity contribution >= 4 is 17.5 Å². The zero-order chi connectivity index (χ0) is 14.4. The molecule has 8 heteroatoms. The van der Waals surface area contributed by atoms with Crippen LogP contribution in [0.1, 0.15) is 12.5 Å². The Morgan fingerprint density at radius 1 is 1.20 bits per heavy atom. The zero-order valence-corrected chi connectivity index (χ0v) is 11.6. The van der Waals surface area contributed by atoms with E-state index in [1.54, 1.807) is 12.1 Å². The van der Waals surface area contributed by atoms with Crippen LogP contribution in [-0.4, -0.2) is 21.6 Å². The maximum atomic E-state index is 5.90. The van der Waals surface area contributed by atoms with Crippen LogP contribution < -0.4 is 20.7 Å². The Morgan fingerprint density at radius 2 is 1.95 bits per heavy atom. The first-order valence-corrected chi connectivity index (χ1v) is 6.31.